The van der Waals surface area contributed by atoms with E-state index in [1.807, 2.05) is 0 Å². The first kappa shape index (κ1) is 15.8. The van der Waals surface area contributed by atoms with E-state index in [9.17, 15) is 8.42 Å². The quantitative estimate of drug-likeness (QED) is 0.566. The number of hydrogen-bond acceptors (Lipinski definition) is 5. The average molecular weight is 279 g/mol. The molecule has 108 valence electrons. The molecular weight excluding hydrogens is 254 g/mol. The van der Waals surface area contributed by atoms with E-state index in [0.29, 0.717) is 19.7 Å². The van der Waals surface area contributed by atoms with Crippen LogP contribution in [-0.2, 0) is 14.8 Å². The van der Waals surface area contributed by atoms with E-state index in [4.69, 9.17) is 10.5 Å². The Morgan fingerprint density at radius 3 is 2.56 bits per heavy atom. The van der Waals surface area contributed by atoms with Crippen LogP contribution >= 0.6 is 0 Å². The molecule has 0 aromatic rings. The molecule has 1 rings (SSSR count). The van der Waals surface area contributed by atoms with Crippen molar-refractivity contribution in [1.82, 2.24) is 9.21 Å². The predicted octanol–water partition coefficient (Wildman–Crippen LogP) is -0.681. The molecule has 1 saturated heterocycles. The molecule has 0 atom stereocenters. The lowest BCUT2D eigenvalue weighted by Gasteiger charge is -2.21. The van der Waals surface area contributed by atoms with E-state index in [2.05, 4.69) is 4.90 Å². The second-order valence-corrected chi connectivity index (χ2v) is 6.78. The van der Waals surface area contributed by atoms with Crippen LogP contribution in [0.3, 0.4) is 0 Å². The number of hydrogen-bond donors (Lipinski definition) is 1. The first-order chi connectivity index (χ1) is 8.56. The maximum Gasteiger partial charge on any atom is 0.216 e. The number of likely N-dealkylation sites (tertiary alicyclic amines) is 1. The Balaban J connectivity index is 2.22. The number of sulfonamides is 1. The van der Waals surface area contributed by atoms with Crippen LogP contribution in [0.1, 0.15) is 12.8 Å². The number of ether oxygens (including phenoxy) is 1. The smallest absolute Gasteiger partial charge is 0.216 e. The van der Waals surface area contributed by atoms with Gasteiger partial charge in [-0.15, -0.1) is 0 Å². The summed E-state index contributed by atoms with van der Waals surface area (Å²) in [4.78, 5) is 2.30. The number of nitrogens with zero attached hydrogens (tertiary/aromatic N) is 2. The van der Waals surface area contributed by atoms with E-state index < -0.39 is 10.0 Å². The van der Waals surface area contributed by atoms with E-state index in [0.717, 1.165) is 19.6 Å². The molecule has 0 aromatic heterocycles. The molecule has 0 spiro atoms. The molecule has 0 unspecified atom stereocenters. The highest BCUT2D eigenvalue weighted by atomic mass is 32.2. The second-order valence-electron chi connectivity index (χ2n) is 4.59. The Kier molecular flexibility index (Phi) is 7.10. The van der Waals surface area contributed by atoms with Gasteiger partial charge < -0.3 is 15.4 Å². The van der Waals surface area contributed by atoms with Gasteiger partial charge in [0, 0.05) is 26.7 Å². The summed E-state index contributed by atoms with van der Waals surface area (Å²) in [6.07, 6.45) is 2.45. The molecule has 18 heavy (non-hydrogen) atoms. The highest BCUT2D eigenvalue weighted by molar-refractivity contribution is 7.89. The van der Waals surface area contributed by atoms with Crippen LogP contribution in [0.15, 0.2) is 0 Å². The molecule has 1 heterocycles. The minimum Gasteiger partial charge on any atom is -0.379 e. The topological polar surface area (TPSA) is 75.9 Å². The monoisotopic (exact) mass is 279 g/mol. The van der Waals surface area contributed by atoms with Crippen molar-refractivity contribution in [3.63, 3.8) is 0 Å². The van der Waals surface area contributed by atoms with Crippen molar-refractivity contribution in [2.24, 2.45) is 5.73 Å². The largest absolute Gasteiger partial charge is 0.379 e. The maximum atomic E-state index is 11.9. The lowest BCUT2D eigenvalue weighted by molar-refractivity contribution is 0.156. The molecule has 0 saturated carbocycles. The maximum absolute atomic E-state index is 11.9. The van der Waals surface area contributed by atoms with Gasteiger partial charge in [-0.25, -0.2) is 12.7 Å². The van der Waals surface area contributed by atoms with Gasteiger partial charge in [0.2, 0.25) is 10.0 Å². The Morgan fingerprint density at radius 1 is 1.28 bits per heavy atom. The summed E-state index contributed by atoms with van der Waals surface area (Å²) in [5.74, 6) is 0.0312. The minimum atomic E-state index is -3.19. The molecule has 0 radical (unpaired) electrons. The van der Waals surface area contributed by atoms with Crippen molar-refractivity contribution in [3.05, 3.63) is 0 Å². The fourth-order valence-corrected chi connectivity index (χ4v) is 2.93. The second kappa shape index (κ2) is 8.06. The molecule has 7 heteroatoms. The first-order valence-corrected chi connectivity index (χ1v) is 8.11. The molecule has 0 aromatic carbocycles. The Labute approximate surface area is 110 Å². The van der Waals surface area contributed by atoms with E-state index in [1.165, 1.54) is 17.1 Å². The summed E-state index contributed by atoms with van der Waals surface area (Å²) < 4.78 is 30.3. The van der Waals surface area contributed by atoms with Crippen molar-refractivity contribution < 1.29 is 13.2 Å². The minimum absolute atomic E-state index is 0.0312. The highest BCUT2D eigenvalue weighted by Gasteiger charge is 2.19. The summed E-state index contributed by atoms with van der Waals surface area (Å²) in [6.45, 7) is 4.60. The summed E-state index contributed by atoms with van der Waals surface area (Å²) >= 11 is 0. The molecule has 0 amide bonds. The zero-order valence-corrected chi connectivity index (χ0v) is 12.0. The van der Waals surface area contributed by atoms with Crippen LogP contribution in [0.5, 0.6) is 0 Å². The number of rotatable bonds is 9. The Bertz CT molecular complexity index is 315. The van der Waals surface area contributed by atoms with E-state index in [1.54, 1.807) is 7.05 Å². The van der Waals surface area contributed by atoms with Gasteiger partial charge in [0.1, 0.15) is 0 Å². The lowest BCUT2D eigenvalue weighted by atomic mass is 10.4. The van der Waals surface area contributed by atoms with Gasteiger partial charge in [-0.3, -0.25) is 0 Å². The van der Waals surface area contributed by atoms with Gasteiger partial charge in [0.05, 0.1) is 19.0 Å². The summed E-state index contributed by atoms with van der Waals surface area (Å²) in [7, 11) is -1.56. The van der Waals surface area contributed by atoms with Gasteiger partial charge in [0.15, 0.2) is 0 Å². The van der Waals surface area contributed by atoms with Crippen LogP contribution in [0.25, 0.3) is 0 Å². The third-order valence-corrected chi connectivity index (χ3v) is 4.97. The van der Waals surface area contributed by atoms with Gasteiger partial charge in [-0.2, -0.15) is 0 Å². The molecule has 1 fully saturated rings. The third kappa shape index (κ3) is 5.62. The van der Waals surface area contributed by atoms with Crippen molar-refractivity contribution >= 4 is 10.0 Å². The van der Waals surface area contributed by atoms with Crippen molar-refractivity contribution in [3.8, 4) is 0 Å². The van der Waals surface area contributed by atoms with Gasteiger partial charge >= 0.3 is 0 Å². The van der Waals surface area contributed by atoms with Crippen molar-refractivity contribution in [2.75, 3.05) is 58.7 Å². The van der Waals surface area contributed by atoms with Gasteiger partial charge in [-0.05, 0) is 25.9 Å². The fourth-order valence-electron chi connectivity index (χ4n) is 1.93. The molecule has 1 aliphatic heterocycles. The molecule has 2 N–H and O–H groups in total. The first-order valence-electron chi connectivity index (χ1n) is 6.50. The molecule has 0 aliphatic carbocycles. The zero-order valence-electron chi connectivity index (χ0n) is 11.2. The summed E-state index contributed by atoms with van der Waals surface area (Å²) in [5.41, 5.74) is 5.27. The van der Waals surface area contributed by atoms with Crippen molar-refractivity contribution in [1.29, 1.82) is 0 Å². The van der Waals surface area contributed by atoms with Crippen LogP contribution in [0.2, 0.25) is 0 Å². The summed E-state index contributed by atoms with van der Waals surface area (Å²) in [6, 6.07) is 0. The molecule has 6 nitrogen and oxygen atoms in total. The van der Waals surface area contributed by atoms with Crippen LogP contribution < -0.4 is 5.73 Å². The molecular formula is C11H25N3O3S. The SMILES string of the molecule is CN(CCN1CCCC1)S(=O)(=O)CCOCCN. The third-order valence-electron chi connectivity index (χ3n) is 3.15. The van der Waals surface area contributed by atoms with E-state index in [-0.39, 0.29) is 12.4 Å². The summed E-state index contributed by atoms with van der Waals surface area (Å²) in [5, 5.41) is 0. The van der Waals surface area contributed by atoms with Gasteiger partial charge in [-0.1, -0.05) is 0 Å². The number of nitrogens with two attached hydrogens (primary N) is 1. The Morgan fingerprint density at radius 2 is 1.94 bits per heavy atom. The number of likely N-dealkylation sites (N-methyl/N-ethyl adjacent to an activating group) is 1. The normalized spacial score (nSPS) is 17.7. The Hall–Kier alpha value is -0.210. The highest BCUT2D eigenvalue weighted by Crippen LogP contribution is 2.07. The van der Waals surface area contributed by atoms with Gasteiger partial charge in [0.25, 0.3) is 0 Å². The fraction of sp³-hybridized carbons (Fsp3) is 1.00. The zero-order chi connectivity index (χ0) is 13.4. The van der Waals surface area contributed by atoms with Crippen LogP contribution in [-0.4, -0.2) is 76.4 Å². The predicted molar refractivity (Wildman–Crippen MR) is 72.0 cm³/mol. The standard InChI is InChI=1S/C11H25N3O3S/c1-13(7-8-14-5-2-3-6-14)18(15,16)11-10-17-9-4-12/h2-12H2,1H3. The average Bonchev–Trinajstić information content (AvgIpc) is 2.84. The molecule has 1 aliphatic rings. The van der Waals surface area contributed by atoms with E-state index >= 15 is 0 Å². The molecule has 0 bridgehead atoms. The van der Waals surface area contributed by atoms with Crippen molar-refractivity contribution in [2.45, 2.75) is 12.8 Å². The van der Waals surface area contributed by atoms with Crippen LogP contribution in [0, 0.1) is 0 Å². The van der Waals surface area contributed by atoms with Crippen LogP contribution in [0.4, 0.5) is 0 Å². The lowest BCUT2D eigenvalue weighted by Crippen LogP contribution is -2.37.